The topological polar surface area (TPSA) is 67.9 Å². The van der Waals surface area contributed by atoms with Crippen LogP contribution in [0.25, 0.3) is 0 Å². The number of nitrogens with one attached hydrogen (secondary N) is 1. The van der Waals surface area contributed by atoms with E-state index in [0.717, 1.165) is 37.1 Å². The first-order valence-corrected chi connectivity index (χ1v) is 9.92. The minimum Gasteiger partial charge on any atom is -0.491 e. The number of nitrogens with zero attached hydrogens (tertiary/aromatic N) is 1. The molecule has 1 N–H and O–H groups in total. The Morgan fingerprint density at radius 3 is 2.15 bits per heavy atom. The minimum absolute atomic E-state index is 0.0147. The highest BCUT2D eigenvalue weighted by Gasteiger charge is 2.73. The maximum absolute atomic E-state index is 13.1. The molecule has 1 aliphatic heterocycles. The van der Waals surface area contributed by atoms with E-state index in [4.69, 9.17) is 9.47 Å². The molecule has 146 valence electrons. The molecular weight excluding hydrogens is 344 g/mol. The molecule has 2 aliphatic carbocycles. The van der Waals surface area contributed by atoms with E-state index in [-0.39, 0.29) is 17.9 Å². The molecule has 1 aromatic rings. The van der Waals surface area contributed by atoms with Crippen molar-refractivity contribution in [2.75, 3.05) is 31.6 Å². The van der Waals surface area contributed by atoms with Crippen LogP contribution in [0, 0.1) is 10.8 Å². The molecule has 4 rings (SSSR count). The summed E-state index contributed by atoms with van der Waals surface area (Å²) in [6.45, 7) is 6.41. The standard InChI is InChI=1S/C21H28N2O4/c1-15(2)27-17-5-3-16(4-6-17)22-18(24)20(7-8-20)21(9-10-21)19(25)23-11-13-26-14-12-23/h3-6,15H,7-14H2,1-2H3,(H,22,24). The molecule has 3 aliphatic rings. The third-order valence-corrected chi connectivity index (χ3v) is 6.04. The summed E-state index contributed by atoms with van der Waals surface area (Å²) in [5.74, 6) is 0.920. The predicted molar refractivity (Wildman–Crippen MR) is 102 cm³/mol. The van der Waals surface area contributed by atoms with Gasteiger partial charge in [-0.2, -0.15) is 0 Å². The maximum atomic E-state index is 13.1. The van der Waals surface area contributed by atoms with Gasteiger partial charge in [0.2, 0.25) is 11.8 Å². The Morgan fingerprint density at radius 1 is 1.04 bits per heavy atom. The number of hydrogen-bond donors (Lipinski definition) is 1. The molecule has 0 aromatic heterocycles. The van der Waals surface area contributed by atoms with E-state index >= 15 is 0 Å². The van der Waals surface area contributed by atoms with Crippen molar-refractivity contribution >= 4 is 17.5 Å². The smallest absolute Gasteiger partial charge is 0.231 e. The number of hydrogen-bond acceptors (Lipinski definition) is 4. The largest absolute Gasteiger partial charge is 0.491 e. The molecule has 2 amide bonds. The van der Waals surface area contributed by atoms with Crippen molar-refractivity contribution in [3.8, 4) is 5.75 Å². The summed E-state index contributed by atoms with van der Waals surface area (Å²) in [4.78, 5) is 28.1. The average molecular weight is 372 g/mol. The number of amides is 2. The van der Waals surface area contributed by atoms with Crippen LogP contribution in [0.2, 0.25) is 0 Å². The monoisotopic (exact) mass is 372 g/mol. The Bertz CT molecular complexity index is 714. The van der Waals surface area contributed by atoms with Crippen LogP contribution in [0.5, 0.6) is 5.75 Å². The van der Waals surface area contributed by atoms with Gasteiger partial charge in [-0.25, -0.2) is 0 Å². The van der Waals surface area contributed by atoms with Crippen LogP contribution < -0.4 is 10.1 Å². The van der Waals surface area contributed by atoms with Crippen LogP contribution >= 0.6 is 0 Å². The van der Waals surface area contributed by atoms with Crippen LogP contribution in [0.3, 0.4) is 0 Å². The number of ether oxygens (including phenoxy) is 2. The summed E-state index contributed by atoms with van der Waals surface area (Å²) in [5, 5.41) is 3.04. The lowest BCUT2D eigenvalue weighted by Crippen LogP contribution is -2.49. The first kappa shape index (κ1) is 18.3. The summed E-state index contributed by atoms with van der Waals surface area (Å²) in [6.07, 6.45) is 3.34. The zero-order valence-corrected chi connectivity index (χ0v) is 16.1. The van der Waals surface area contributed by atoms with Gasteiger partial charge in [0.25, 0.3) is 0 Å². The second-order valence-electron chi connectivity index (χ2n) is 8.21. The SMILES string of the molecule is CC(C)Oc1ccc(NC(=O)C2(C3(C(=O)N4CCOCC4)CC3)CC2)cc1. The molecule has 1 heterocycles. The second kappa shape index (κ2) is 6.82. The van der Waals surface area contributed by atoms with Gasteiger partial charge in [-0.1, -0.05) is 0 Å². The van der Waals surface area contributed by atoms with Crippen molar-refractivity contribution < 1.29 is 19.1 Å². The fourth-order valence-electron chi connectivity index (χ4n) is 4.28. The summed E-state index contributed by atoms with van der Waals surface area (Å²) < 4.78 is 11.0. The van der Waals surface area contributed by atoms with Crippen LogP contribution in [0.15, 0.2) is 24.3 Å². The highest BCUT2D eigenvalue weighted by Crippen LogP contribution is 2.71. The number of anilines is 1. The molecule has 27 heavy (non-hydrogen) atoms. The number of carbonyl (C=O) groups excluding carboxylic acids is 2. The van der Waals surface area contributed by atoms with E-state index in [0.29, 0.717) is 26.3 Å². The third kappa shape index (κ3) is 3.31. The van der Waals surface area contributed by atoms with Gasteiger partial charge in [0.05, 0.1) is 30.1 Å². The van der Waals surface area contributed by atoms with Crippen LogP contribution in [-0.2, 0) is 14.3 Å². The van der Waals surface area contributed by atoms with Crippen molar-refractivity contribution in [1.29, 1.82) is 0 Å². The molecule has 0 bridgehead atoms. The molecule has 0 atom stereocenters. The van der Waals surface area contributed by atoms with Crippen molar-refractivity contribution in [3.05, 3.63) is 24.3 Å². The molecular formula is C21H28N2O4. The average Bonchev–Trinajstić information content (AvgIpc) is 3.55. The van der Waals surface area contributed by atoms with Crippen LogP contribution in [0.1, 0.15) is 39.5 Å². The Labute approximate surface area is 160 Å². The van der Waals surface area contributed by atoms with Gasteiger partial charge < -0.3 is 19.7 Å². The lowest BCUT2D eigenvalue weighted by molar-refractivity contribution is -0.147. The Balaban J connectivity index is 1.44. The van der Waals surface area contributed by atoms with Gasteiger partial charge in [0, 0.05) is 18.8 Å². The first-order chi connectivity index (χ1) is 13.0. The van der Waals surface area contributed by atoms with Crippen molar-refractivity contribution in [2.45, 2.75) is 45.6 Å². The molecule has 0 spiro atoms. The summed E-state index contributed by atoms with van der Waals surface area (Å²) in [6, 6.07) is 7.44. The van der Waals surface area contributed by atoms with Gasteiger partial charge in [0.15, 0.2) is 0 Å². The lowest BCUT2D eigenvalue weighted by atomic mass is 9.83. The van der Waals surface area contributed by atoms with Gasteiger partial charge >= 0.3 is 0 Å². The summed E-state index contributed by atoms with van der Waals surface area (Å²) >= 11 is 0. The van der Waals surface area contributed by atoms with Gasteiger partial charge in [-0.15, -0.1) is 0 Å². The molecule has 2 saturated carbocycles. The van der Waals surface area contributed by atoms with E-state index < -0.39 is 10.8 Å². The van der Waals surface area contributed by atoms with E-state index in [1.165, 1.54) is 0 Å². The maximum Gasteiger partial charge on any atom is 0.231 e. The normalized spacial score (nSPS) is 22.3. The second-order valence-corrected chi connectivity index (χ2v) is 8.21. The molecule has 1 saturated heterocycles. The molecule has 0 radical (unpaired) electrons. The van der Waals surface area contributed by atoms with E-state index in [9.17, 15) is 9.59 Å². The van der Waals surface area contributed by atoms with E-state index in [2.05, 4.69) is 5.32 Å². The van der Waals surface area contributed by atoms with Gasteiger partial charge in [-0.05, 0) is 63.8 Å². The molecule has 1 aromatic carbocycles. The fraction of sp³-hybridized carbons (Fsp3) is 0.619. The Kier molecular flexibility index (Phi) is 4.62. The third-order valence-electron chi connectivity index (χ3n) is 6.04. The fourth-order valence-corrected chi connectivity index (χ4v) is 4.28. The first-order valence-electron chi connectivity index (χ1n) is 9.92. The van der Waals surface area contributed by atoms with Gasteiger partial charge in [-0.3, -0.25) is 9.59 Å². The van der Waals surface area contributed by atoms with Crippen LogP contribution in [0.4, 0.5) is 5.69 Å². The number of benzene rings is 1. The summed E-state index contributed by atoms with van der Waals surface area (Å²) in [5.41, 5.74) is -0.276. The predicted octanol–water partition coefficient (Wildman–Crippen LogP) is 2.83. The highest BCUT2D eigenvalue weighted by atomic mass is 16.5. The molecule has 3 fully saturated rings. The highest BCUT2D eigenvalue weighted by molar-refractivity contribution is 6.03. The zero-order chi connectivity index (χ0) is 19.1. The van der Waals surface area contributed by atoms with Crippen molar-refractivity contribution in [2.24, 2.45) is 10.8 Å². The Morgan fingerprint density at radius 2 is 1.63 bits per heavy atom. The van der Waals surface area contributed by atoms with E-state index in [1.807, 2.05) is 43.0 Å². The van der Waals surface area contributed by atoms with Gasteiger partial charge in [0.1, 0.15) is 5.75 Å². The number of morpholine rings is 1. The Hall–Kier alpha value is -2.08. The molecule has 0 unspecified atom stereocenters. The number of carbonyl (C=O) groups is 2. The molecule has 6 heteroatoms. The van der Waals surface area contributed by atoms with Crippen molar-refractivity contribution in [3.63, 3.8) is 0 Å². The minimum atomic E-state index is -0.532. The summed E-state index contributed by atoms with van der Waals surface area (Å²) in [7, 11) is 0. The quantitative estimate of drug-likeness (QED) is 0.834. The lowest BCUT2D eigenvalue weighted by Gasteiger charge is -2.34. The zero-order valence-electron chi connectivity index (χ0n) is 16.1. The van der Waals surface area contributed by atoms with Crippen molar-refractivity contribution in [1.82, 2.24) is 4.90 Å². The van der Waals surface area contributed by atoms with E-state index in [1.54, 1.807) is 0 Å². The van der Waals surface area contributed by atoms with Crippen LogP contribution in [-0.4, -0.2) is 49.1 Å². The molecule has 6 nitrogen and oxygen atoms in total. The number of rotatable bonds is 6.